The first-order valence-corrected chi connectivity index (χ1v) is 17.9. The fraction of sp³-hybridized carbons (Fsp3) is 0.306. The van der Waals surface area contributed by atoms with E-state index in [0.29, 0.717) is 24.1 Å². The quantitative estimate of drug-likeness (QED) is 0.171. The molecule has 2 unspecified atom stereocenters. The van der Waals surface area contributed by atoms with Crippen molar-refractivity contribution in [2.24, 2.45) is 0 Å². The van der Waals surface area contributed by atoms with E-state index in [9.17, 15) is 0 Å². The van der Waals surface area contributed by atoms with Gasteiger partial charge < -0.3 is 24.0 Å². The number of benzene rings is 3. The number of nitrogens with zero attached hydrogens (tertiary/aromatic N) is 9. The number of aromatic nitrogens is 7. The van der Waals surface area contributed by atoms with E-state index in [-0.39, 0.29) is 6.10 Å². The Hall–Kier alpha value is -4.82. The van der Waals surface area contributed by atoms with Crippen molar-refractivity contribution in [2.45, 2.75) is 31.8 Å². The van der Waals surface area contributed by atoms with Gasteiger partial charge in [-0.3, -0.25) is 0 Å². The van der Waals surface area contributed by atoms with Crippen LogP contribution in [0.1, 0.15) is 17.6 Å². The number of fused-ring (bicyclic) bond motifs is 1. The molecule has 9 rings (SSSR count). The molecule has 2 atom stereocenters. The highest BCUT2D eigenvalue weighted by atomic mass is 35.5. The fourth-order valence-corrected chi connectivity index (χ4v) is 7.38. The summed E-state index contributed by atoms with van der Waals surface area (Å²) in [6, 6.07) is 29.0. The summed E-state index contributed by atoms with van der Waals surface area (Å²) in [5, 5.41) is 16.2. The fourth-order valence-electron chi connectivity index (χ4n) is 6.26. The lowest BCUT2D eigenvalue weighted by molar-refractivity contribution is -0.188. The van der Waals surface area contributed by atoms with Gasteiger partial charge in [-0.1, -0.05) is 36.7 Å². The zero-order valence-corrected chi connectivity index (χ0v) is 29.1. The van der Waals surface area contributed by atoms with Crippen molar-refractivity contribution >= 4 is 34.3 Å². The van der Waals surface area contributed by atoms with Gasteiger partial charge in [0.05, 0.1) is 21.5 Å². The molecule has 14 heteroatoms. The molecule has 0 saturated carbocycles. The van der Waals surface area contributed by atoms with Crippen molar-refractivity contribution in [3.63, 3.8) is 0 Å². The summed E-state index contributed by atoms with van der Waals surface area (Å²) in [6.45, 7) is 6.92. The number of rotatable bonds is 10. The molecule has 2 fully saturated rings. The number of aryl methyl sites for hydroxylation is 1. The van der Waals surface area contributed by atoms with Crippen LogP contribution >= 0.6 is 22.9 Å². The molecule has 0 bridgehead atoms. The number of piperazine rings is 1. The van der Waals surface area contributed by atoms with Crippen LogP contribution in [0.3, 0.4) is 0 Å². The Bertz CT molecular complexity index is 1990. The van der Waals surface area contributed by atoms with Gasteiger partial charge in [0.25, 0.3) is 0 Å². The number of anilines is 2. The molecular formula is C36H36ClN9O3S. The summed E-state index contributed by atoms with van der Waals surface area (Å²) < 4.78 is 23.0. The van der Waals surface area contributed by atoms with E-state index in [1.165, 1.54) is 40.2 Å². The van der Waals surface area contributed by atoms with Gasteiger partial charge in [-0.15, -0.1) is 16.4 Å². The summed E-state index contributed by atoms with van der Waals surface area (Å²) >= 11 is 7.67. The lowest BCUT2D eigenvalue weighted by Crippen LogP contribution is -2.46. The highest BCUT2D eigenvalue weighted by Gasteiger charge is 2.45. The maximum atomic E-state index is 6.44. The molecule has 2 aromatic carbocycles. The minimum atomic E-state index is -0.985. The first-order chi connectivity index (χ1) is 24.5. The first kappa shape index (κ1) is 32.4. The summed E-state index contributed by atoms with van der Waals surface area (Å²) in [5.74, 6) is 0.656. The molecule has 0 radical (unpaired) electrons. The van der Waals surface area contributed by atoms with Crippen molar-refractivity contribution in [3.8, 4) is 22.6 Å². The molecule has 0 amide bonds. The number of hydrogen-bond acceptors (Lipinski definition) is 11. The molecule has 256 valence electrons. The Kier molecular flexibility index (Phi) is 9.19. The van der Waals surface area contributed by atoms with Crippen LogP contribution in [-0.4, -0.2) is 80.5 Å². The molecule has 50 heavy (non-hydrogen) atoms. The first-order valence-electron chi connectivity index (χ1n) is 16.7. The number of thiophene rings is 1. The maximum absolute atomic E-state index is 6.44. The van der Waals surface area contributed by atoms with Crippen LogP contribution in [0, 0.1) is 0 Å². The molecule has 2 aliphatic heterocycles. The highest BCUT2D eigenvalue weighted by molar-refractivity contribution is 7.16. The second-order valence-corrected chi connectivity index (χ2v) is 14.0. The van der Waals surface area contributed by atoms with E-state index in [0.717, 1.165) is 54.7 Å². The smallest absolute Gasteiger partial charge is 0.225 e. The van der Waals surface area contributed by atoms with Crippen molar-refractivity contribution < 1.29 is 14.2 Å². The SMILES string of the molecule is CCc1nnnn1-c1ccc(N2CCN(c3ccc(OCC4COC(Cn5cncn5)(c5ccc(Cl)s5)O4)cc3)CC2)cc1.c1cc2cc-2c1. The van der Waals surface area contributed by atoms with Crippen LogP contribution in [0.25, 0.3) is 16.8 Å². The van der Waals surface area contributed by atoms with Crippen LogP contribution in [0.5, 0.6) is 5.75 Å². The molecule has 2 saturated heterocycles. The zero-order chi connectivity index (χ0) is 33.9. The third-order valence-electron chi connectivity index (χ3n) is 8.98. The van der Waals surface area contributed by atoms with Crippen LogP contribution < -0.4 is 14.5 Å². The van der Waals surface area contributed by atoms with E-state index < -0.39 is 5.79 Å². The molecular weight excluding hydrogens is 674 g/mol. The van der Waals surface area contributed by atoms with Gasteiger partial charge in [0.2, 0.25) is 5.79 Å². The monoisotopic (exact) mass is 709 g/mol. The summed E-state index contributed by atoms with van der Waals surface area (Å²) in [6.07, 6.45) is 3.68. The normalized spacial score (nSPS) is 19.3. The Morgan fingerprint density at radius 1 is 0.900 bits per heavy atom. The number of tetrazole rings is 1. The molecule has 3 aromatic heterocycles. The Balaban J connectivity index is 0.000000538. The summed E-state index contributed by atoms with van der Waals surface area (Å²) in [5.41, 5.74) is 6.21. The average molecular weight is 710 g/mol. The zero-order valence-electron chi connectivity index (χ0n) is 27.5. The van der Waals surface area contributed by atoms with Gasteiger partial charge in [0, 0.05) is 44.0 Å². The minimum Gasteiger partial charge on any atom is -0.491 e. The largest absolute Gasteiger partial charge is 0.491 e. The van der Waals surface area contributed by atoms with Crippen molar-refractivity contribution in [2.75, 3.05) is 49.2 Å². The number of ether oxygens (including phenoxy) is 3. The van der Waals surface area contributed by atoms with E-state index >= 15 is 0 Å². The standard InChI is InChI=1S/C30H32ClN9O3S.C6H4/c1-2-29-34-35-36-40(29)24-5-3-22(4-6-24)37-13-15-38(16-14-37)23-7-9-25(10-8-23)41-17-26-18-42-30(43-26,19-39-21-32-20-33-39)27-11-12-28(31)44-27;1-2-5-4-6(5)3-1/h3-12,20-21,26H,2,13-19H2,1H3;1-4H. The molecule has 5 heterocycles. The second-order valence-electron chi connectivity index (χ2n) is 12.2. The molecule has 5 aromatic rings. The van der Waals surface area contributed by atoms with Gasteiger partial charge in [0.15, 0.2) is 5.82 Å². The molecule has 12 nitrogen and oxygen atoms in total. The average Bonchev–Trinajstić information content (AvgIpc) is 3.86. The van der Waals surface area contributed by atoms with E-state index in [4.69, 9.17) is 25.8 Å². The Labute approximate surface area is 298 Å². The molecule has 2 aliphatic carbocycles. The maximum Gasteiger partial charge on any atom is 0.225 e. The second kappa shape index (κ2) is 14.2. The Morgan fingerprint density at radius 2 is 1.60 bits per heavy atom. The van der Waals surface area contributed by atoms with Crippen LogP contribution in [0.2, 0.25) is 4.34 Å². The summed E-state index contributed by atoms with van der Waals surface area (Å²) in [7, 11) is 0. The number of hydrogen-bond donors (Lipinski definition) is 0. The predicted octanol–water partition coefficient (Wildman–Crippen LogP) is 5.87. The van der Waals surface area contributed by atoms with Crippen molar-refractivity contribution in [3.05, 3.63) is 113 Å². The third kappa shape index (κ3) is 7.08. The van der Waals surface area contributed by atoms with E-state index in [1.54, 1.807) is 15.7 Å². The van der Waals surface area contributed by atoms with Gasteiger partial charge >= 0.3 is 0 Å². The van der Waals surface area contributed by atoms with Gasteiger partial charge in [-0.05, 0) is 88.3 Å². The van der Waals surface area contributed by atoms with Crippen molar-refractivity contribution in [1.82, 2.24) is 35.0 Å². The highest BCUT2D eigenvalue weighted by Crippen LogP contribution is 2.41. The van der Waals surface area contributed by atoms with E-state index in [1.807, 2.05) is 31.2 Å². The lowest BCUT2D eigenvalue weighted by Gasteiger charge is -2.37. The molecule has 4 aliphatic rings. The molecule has 0 N–H and O–H groups in total. The summed E-state index contributed by atoms with van der Waals surface area (Å²) in [4.78, 5) is 9.75. The van der Waals surface area contributed by atoms with Gasteiger partial charge in [-0.2, -0.15) is 9.78 Å². The van der Waals surface area contributed by atoms with Crippen LogP contribution in [-0.2, 0) is 28.2 Å². The third-order valence-corrected chi connectivity index (χ3v) is 10.3. The number of halogens is 1. The van der Waals surface area contributed by atoms with Crippen molar-refractivity contribution in [1.29, 1.82) is 0 Å². The van der Waals surface area contributed by atoms with Gasteiger partial charge in [-0.25, -0.2) is 9.67 Å². The van der Waals surface area contributed by atoms with Crippen LogP contribution in [0.4, 0.5) is 11.4 Å². The minimum absolute atomic E-state index is 0.247. The lowest BCUT2D eigenvalue weighted by atomic mass is 10.2. The van der Waals surface area contributed by atoms with Crippen LogP contribution in [0.15, 0.2) is 97.6 Å². The van der Waals surface area contributed by atoms with E-state index in [2.05, 4.69) is 96.1 Å². The predicted molar refractivity (Wildman–Crippen MR) is 192 cm³/mol. The Morgan fingerprint density at radius 3 is 2.18 bits per heavy atom. The molecule has 0 spiro atoms. The van der Waals surface area contributed by atoms with Gasteiger partial charge in [0.1, 0.15) is 37.7 Å². The topological polar surface area (TPSA) is 108 Å².